The summed E-state index contributed by atoms with van der Waals surface area (Å²) in [6.07, 6.45) is 0.767. The number of carbonyl (C=O) groups is 2. The maximum absolute atomic E-state index is 13.6. The molecule has 3 heterocycles. The summed E-state index contributed by atoms with van der Waals surface area (Å²) in [5.74, 6) is -0.495. The Labute approximate surface area is 231 Å². The first-order valence-electron chi connectivity index (χ1n) is 13.2. The van der Waals surface area contributed by atoms with Crippen molar-refractivity contribution >= 4 is 44.1 Å². The van der Waals surface area contributed by atoms with Crippen LogP contribution in [-0.4, -0.2) is 27.9 Å². The zero-order valence-electron chi connectivity index (χ0n) is 22.6. The lowest BCUT2D eigenvalue weighted by Crippen LogP contribution is -2.29. The van der Waals surface area contributed by atoms with Crippen LogP contribution in [0.2, 0.25) is 0 Å². The van der Waals surface area contributed by atoms with Crippen molar-refractivity contribution in [2.45, 2.75) is 59.1 Å². The molecule has 3 aromatic carbocycles. The lowest BCUT2D eigenvalue weighted by atomic mass is 9.93. The van der Waals surface area contributed by atoms with E-state index >= 15 is 0 Å². The van der Waals surface area contributed by atoms with Crippen LogP contribution in [0.25, 0.3) is 16.0 Å². The Morgan fingerprint density at radius 3 is 2.54 bits per heavy atom. The first kappa shape index (κ1) is 25.3. The molecule has 0 radical (unpaired) electrons. The van der Waals surface area contributed by atoms with Gasteiger partial charge in [-0.1, -0.05) is 55.5 Å². The molecule has 6 nitrogen and oxygen atoms in total. The average Bonchev–Trinajstić information content (AvgIpc) is 3.56. The number of nitrogens with zero attached hydrogens (tertiary/aromatic N) is 2. The summed E-state index contributed by atoms with van der Waals surface area (Å²) >= 11 is 1.38. The van der Waals surface area contributed by atoms with Crippen LogP contribution in [-0.2, 0) is 16.0 Å². The molecule has 2 aliphatic heterocycles. The van der Waals surface area contributed by atoms with Crippen LogP contribution in [0, 0.1) is 13.8 Å². The standard InChI is InChI=1S/C32H30N2O4S/c1-16(2)20-6-8-21(9-7-20)28-26(29(35)22-10-11-24-23(15-22)14-19(5)38-24)30(36)31(37)34(28)32-33-27-18(4)12-17(3)13-25(27)39-32/h6-13,15-16,19,28,35H,14H2,1-5H3/b29-26+/t19-,28+/m1/s1. The number of ether oxygens (including phenoxy) is 1. The van der Waals surface area contributed by atoms with E-state index in [1.807, 2.05) is 63.2 Å². The van der Waals surface area contributed by atoms with E-state index in [0.717, 1.165) is 50.2 Å². The summed E-state index contributed by atoms with van der Waals surface area (Å²) in [6.45, 7) is 10.2. The molecule has 7 heteroatoms. The van der Waals surface area contributed by atoms with Crippen LogP contribution >= 0.6 is 11.3 Å². The van der Waals surface area contributed by atoms with Gasteiger partial charge in [-0.2, -0.15) is 0 Å². The molecule has 1 aromatic heterocycles. The van der Waals surface area contributed by atoms with E-state index < -0.39 is 17.7 Å². The van der Waals surface area contributed by atoms with Crippen LogP contribution in [0.4, 0.5) is 5.13 Å². The van der Waals surface area contributed by atoms with Crippen molar-refractivity contribution < 1.29 is 19.4 Å². The van der Waals surface area contributed by atoms with Gasteiger partial charge in [0.2, 0.25) is 0 Å². The molecule has 39 heavy (non-hydrogen) atoms. The third-order valence-corrected chi connectivity index (χ3v) is 8.56. The average molecular weight is 539 g/mol. The highest BCUT2D eigenvalue weighted by Crippen LogP contribution is 2.45. The van der Waals surface area contributed by atoms with Gasteiger partial charge in [0.25, 0.3) is 5.78 Å². The Morgan fingerprint density at radius 2 is 1.82 bits per heavy atom. The summed E-state index contributed by atoms with van der Waals surface area (Å²) in [5, 5.41) is 12.0. The highest BCUT2D eigenvalue weighted by molar-refractivity contribution is 7.22. The lowest BCUT2D eigenvalue weighted by molar-refractivity contribution is -0.132. The van der Waals surface area contributed by atoms with Gasteiger partial charge in [-0.05, 0) is 78.8 Å². The monoisotopic (exact) mass is 538 g/mol. The van der Waals surface area contributed by atoms with Crippen molar-refractivity contribution in [2.75, 3.05) is 4.90 Å². The number of carbonyl (C=O) groups excluding carboxylic acids is 2. The number of anilines is 1. The Hall–Kier alpha value is -3.97. The van der Waals surface area contributed by atoms with Gasteiger partial charge in [-0.15, -0.1) is 0 Å². The number of thiazole rings is 1. The molecule has 1 saturated heterocycles. The Kier molecular flexibility index (Phi) is 6.07. The Balaban J connectivity index is 1.54. The summed E-state index contributed by atoms with van der Waals surface area (Å²) in [5.41, 5.74) is 6.34. The molecule has 198 valence electrons. The fourth-order valence-corrected chi connectivity index (χ4v) is 6.76. The molecule has 0 spiro atoms. The third kappa shape index (κ3) is 4.21. The van der Waals surface area contributed by atoms with Crippen LogP contribution in [0.5, 0.6) is 5.75 Å². The van der Waals surface area contributed by atoms with Gasteiger partial charge in [-0.3, -0.25) is 14.5 Å². The summed E-state index contributed by atoms with van der Waals surface area (Å²) < 4.78 is 6.76. The first-order valence-corrected chi connectivity index (χ1v) is 14.0. The van der Waals surface area contributed by atoms with Crippen LogP contribution in [0.3, 0.4) is 0 Å². The highest BCUT2D eigenvalue weighted by atomic mass is 32.1. The molecule has 0 bridgehead atoms. The largest absolute Gasteiger partial charge is 0.507 e. The minimum Gasteiger partial charge on any atom is -0.507 e. The number of benzene rings is 3. The molecule has 2 atom stereocenters. The quantitative estimate of drug-likeness (QED) is 0.172. The number of aromatic nitrogens is 1. The Bertz CT molecular complexity index is 1680. The topological polar surface area (TPSA) is 79.7 Å². The lowest BCUT2D eigenvalue weighted by Gasteiger charge is -2.23. The molecule has 1 N–H and O–H groups in total. The van der Waals surface area contributed by atoms with Crippen LogP contribution < -0.4 is 9.64 Å². The van der Waals surface area contributed by atoms with Gasteiger partial charge < -0.3 is 9.84 Å². The molecule has 6 rings (SSSR count). The maximum Gasteiger partial charge on any atom is 0.301 e. The summed E-state index contributed by atoms with van der Waals surface area (Å²) in [7, 11) is 0. The second kappa shape index (κ2) is 9.35. The number of aliphatic hydroxyl groups is 1. The number of amides is 1. The number of hydrogen-bond acceptors (Lipinski definition) is 6. The molecule has 2 aliphatic rings. The smallest absolute Gasteiger partial charge is 0.301 e. The minimum absolute atomic E-state index is 0.0496. The van der Waals surface area contributed by atoms with Gasteiger partial charge >= 0.3 is 5.91 Å². The van der Waals surface area contributed by atoms with Crippen molar-refractivity contribution in [1.29, 1.82) is 0 Å². The van der Waals surface area contributed by atoms with Crippen molar-refractivity contribution in [3.05, 3.63) is 93.6 Å². The second-order valence-corrected chi connectivity index (χ2v) is 11.9. The van der Waals surface area contributed by atoms with Crippen LogP contribution in [0.1, 0.15) is 66.1 Å². The number of aryl methyl sites for hydroxylation is 2. The fraction of sp³-hybridized carbons (Fsp3) is 0.281. The molecule has 0 unspecified atom stereocenters. The van der Waals surface area contributed by atoms with E-state index in [2.05, 4.69) is 19.9 Å². The van der Waals surface area contributed by atoms with E-state index in [0.29, 0.717) is 16.6 Å². The predicted molar refractivity (Wildman–Crippen MR) is 155 cm³/mol. The zero-order chi connectivity index (χ0) is 27.6. The number of fused-ring (bicyclic) bond motifs is 2. The summed E-state index contributed by atoms with van der Waals surface area (Å²) in [6, 6.07) is 16.6. The maximum atomic E-state index is 13.6. The zero-order valence-corrected chi connectivity index (χ0v) is 23.4. The van der Waals surface area contributed by atoms with Crippen LogP contribution in [0.15, 0.2) is 60.2 Å². The first-order chi connectivity index (χ1) is 18.6. The summed E-state index contributed by atoms with van der Waals surface area (Å²) in [4.78, 5) is 33.5. The van der Waals surface area contributed by atoms with E-state index in [-0.39, 0.29) is 17.4 Å². The van der Waals surface area contributed by atoms with Crippen molar-refractivity contribution in [3.8, 4) is 5.75 Å². The molecule has 0 saturated carbocycles. The molecule has 4 aromatic rings. The number of ketones is 1. The van der Waals surface area contributed by atoms with Crippen molar-refractivity contribution in [2.24, 2.45) is 0 Å². The number of Topliss-reactive ketones (excluding diaryl/α,β-unsaturated/α-hetero) is 1. The van der Waals surface area contributed by atoms with E-state index in [1.165, 1.54) is 16.2 Å². The van der Waals surface area contributed by atoms with Crippen molar-refractivity contribution in [3.63, 3.8) is 0 Å². The van der Waals surface area contributed by atoms with E-state index in [9.17, 15) is 14.7 Å². The van der Waals surface area contributed by atoms with E-state index in [1.54, 1.807) is 6.07 Å². The van der Waals surface area contributed by atoms with Crippen molar-refractivity contribution in [1.82, 2.24) is 4.98 Å². The Morgan fingerprint density at radius 1 is 1.08 bits per heavy atom. The van der Waals surface area contributed by atoms with Gasteiger partial charge in [0.1, 0.15) is 17.6 Å². The molecular formula is C32H30N2O4S. The van der Waals surface area contributed by atoms with Gasteiger partial charge in [0.15, 0.2) is 5.13 Å². The molecule has 1 fully saturated rings. The van der Waals surface area contributed by atoms with Gasteiger partial charge in [0.05, 0.1) is 21.8 Å². The fourth-order valence-electron chi connectivity index (χ4n) is 5.60. The normalized spacial score (nSPS) is 20.2. The number of aliphatic hydroxyl groups excluding tert-OH is 1. The SMILES string of the molecule is Cc1cc(C)c2nc(N3C(=O)C(=O)/C(=C(/O)c4ccc5c(c4)C[C@@H](C)O5)[C@@H]3c3ccc(C(C)C)cc3)sc2c1. The van der Waals surface area contributed by atoms with E-state index in [4.69, 9.17) is 9.72 Å². The highest BCUT2D eigenvalue weighted by Gasteiger charge is 2.48. The number of rotatable bonds is 4. The molecule has 1 amide bonds. The molecule has 0 aliphatic carbocycles. The van der Waals surface area contributed by atoms with Gasteiger partial charge in [-0.25, -0.2) is 4.98 Å². The third-order valence-electron chi connectivity index (χ3n) is 7.56. The second-order valence-electron chi connectivity index (χ2n) is 10.9. The number of hydrogen-bond donors (Lipinski definition) is 1. The predicted octanol–water partition coefficient (Wildman–Crippen LogP) is 6.99. The van der Waals surface area contributed by atoms with Gasteiger partial charge in [0, 0.05) is 12.0 Å². The minimum atomic E-state index is -0.809. The molecular weight excluding hydrogens is 508 g/mol.